The van der Waals surface area contributed by atoms with Crippen molar-refractivity contribution < 1.29 is 26.9 Å². The molecule has 11 heteroatoms. The Morgan fingerprint density at radius 3 is 1.31 bits per heavy atom. The average Bonchev–Trinajstić information content (AvgIpc) is 2.48. The Kier molecular flexibility index (Phi) is 12.2. The maximum atomic E-state index is 13.5. The molecule has 0 N–H and O–H groups in total. The van der Waals surface area contributed by atoms with Crippen molar-refractivity contribution in [2.24, 2.45) is 0 Å². The van der Waals surface area contributed by atoms with Crippen molar-refractivity contribution in [3.63, 3.8) is 0 Å². The minimum Gasteiger partial charge on any atom is -0.415 e. The molecule has 0 fully saturated rings. The summed E-state index contributed by atoms with van der Waals surface area (Å²) < 4.78 is 32.1. The number of carbonyl (C=O) groups excluding carboxylic acids is 1. The fourth-order valence-electron chi connectivity index (χ4n) is 2.79. The average molecular weight is 541 g/mol. The summed E-state index contributed by atoms with van der Waals surface area (Å²) in [7, 11) is -9.70. The topological polar surface area (TPSA) is 63.2 Å². The molecule has 0 bridgehead atoms. The second-order valence-electron chi connectivity index (χ2n) is 13.4. The first-order chi connectivity index (χ1) is 13.9. The number of carbonyl (C=O) groups is 1. The molecule has 192 valence electrons. The van der Waals surface area contributed by atoms with Crippen molar-refractivity contribution in [3.8, 4) is 0 Å². The summed E-state index contributed by atoms with van der Waals surface area (Å²) in [5, 5.41) is 0. The fraction of sp³-hybridized carbons (Fsp3) is 0.952. The van der Waals surface area contributed by atoms with Crippen LogP contribution in [0.15, 0.2) is 0 Å². The summed E-state index contributed by atoms with van der Waals surface area (Å²) in [6.45, 7) is 32.4. The van der Waals surface area contributed by atoms with Gasteiger partial charge in [-0.05, 0) is 98.2 Å². The first kappa shape index (κ1) is 32.6. The third kappa shape index (κ3) is 17.1. The van der Waals surface area contributed by atoms with E-state index in [0.29, 0.717) is 6.61 Å². The number of hydrogen-bond donors (Lipinski definition) is 0. The van der Waals surface area contributed by atoms with E-state index in [1.165, 1.54) is 0 Å². The van der Waals surface area contributed by atoms with E-state index < -0.39 is 53.8 Å². The first-order valence-electron chi connectivity index (χ1n) is 11.7. The van der Waals surface area contributed by atoms with Crippen molar-refractivity contribution in [2.75, 3.05) is 13.2 Å². The third-order valence-electron chi connectivity index (χ3n) is 3.79. The van der Waals surface area contributed by atoms with Crippen LogP contribution >= 0.6 is 0 Å². The van der Waals surface area contributed by atoms with Gasteiger partial charge in [0.05, 0.1) is 19.3 Å². The van der Waals surface area contributed by atoms with Crippen LogP contribution in [0.5, 0.6) is 0 Å². The standard InChI is InChI=1S/C21H52O6Si5/c1-28(2,3)23-16-18(22)20(26-31(10,11)12)21(27-32(13,14)15)19(25-30(7,8)9)17-24-29(4,5)6/h19-21H,16-17H2,1-15H3/t19-,20-,21+/m0/s1. The summed E-state index contributed by atoms with van der Waals surface area (Å²) in [6, 6.07) is 0. The molecule has 3 atom stereocenters. The summed E-state index contributed by atoms with van der Waals surface area (Å²) in [4.78, 5) is 13.5. The van der Waals surface area contributed by atoms with Crippen molar-refractivity contribution in [2.45, 2.75) is 117 Å². The van der Waals surface area contributed by atoms with Gasteiger partial charge in [0, 0.05) is 0 Å². The monoisotopic (exact) mass is 540 g/mol. The molecule has 0 rings (SSSR count). The summed E-state index contributed by atoms with van der Waals surface area (Å²) in [5.74, 6) is -0.0599. The lowest BCUT2D eigenvalue weighted by Gasteiger charge is -2.42. The van der Waals surface area contributed by atoms with E-state index in [0.717, 1.165) is 0 Å². The van der Waals surface area contributed by atoms with Crippen LogP contribution in [0.4, 0.5) is 0 Å². The molecule has 32 heavy (non-hydrogen) atoms. The van der Waals surface area contributed by atoms with Crippen LogP contribution in [0.3, 0.4) is 0 Å². The maximum Gasteiger partial charge on any atom is 0.187 e. The van der Waals surface area contributed by atoms with Crippen LogP contribution in [-0.4, -0.2) is 78.9 Å². The van der Waals surface area contributed by atoms with Crippen LogP contribution in [0.25, 0.3) is 0 Å². The summed E-state index contributed by atoms with van der Waals surface area (Å²) in [6.07, 6.45) is -1.61. The molecule has 0 aliphatic heterocycles. The maximum absolute atomic E-state index is 13.5. The van der Waals surface area contributed by atoms with Gasteiger partial charge < -0.3 is 22.1 Å². The molecule has 0 aromatic heterocycles. The van der Waals surface area contributed by atoms with E-state index in [9.17, 15) is 4.79 Å². The van der Waals surface area contributed by atoms with E-state index in [2.05, 4.69) is 98.2 Å². The highest BCUT2D eigenvalue weighted by molar-refractivity contribution is 6.71. The molecule has 0 aliphatic rings. The summed E-state index contributed by atoms with van der Waals surface area (Å²) >= 11 is 0. The predicted molar refractivity (Wildman–Crippen MR) is 148 cm³/mol. The van der Waals surface area contributed by atoms with E-state index >= 15 is 0 Å². The number of Topliss-reactive ketones (excluding diaryl/α,β-unsaturated/α-hetero) is 1. The molecular formula is C21H52O6Si5. The Labute approximate surface area is 203 Å². The lowest BCUT2D eigenvalue weighted by atomic mass is 10.1. The second kappa shape index (κ2) is 12.0. The van der Waals surface area contributed by atoms with Gasteiger partial charge in [-0.2, -0.15) is 0 Å². The van der Waals surface area contributed by atoms with Crippen LogP contribution < -0.4 is 0 Å². The van der Waals surface area contributed by atoms with E-state index in [4.69, 9.17) is 22.1 Å². The molecule has 0 amide bonds. The Morgan fingerprint density at radius 2 is 0.969 bits per heavy atom. The molecule has 0 radical (unpaired) electrons. The first-order valence-corrected chi connectivity index (χ1v) is 28.8. The Hall–Kier alpha value is 0.554. The lowest BCUT2D eigenvalue weighted by molar-refractivity contribution is -0.137. The van der Waals surface area contributed by atoms with Crippen molar-refractivity contribution >= 4 is 47.4 Å². The van der Waals surface area contributed by atoms with Crippen LogP contribution in [0.1, 0.15) is 0 Å². The Morgan fingerprint density at radius 1 is 0.562 bits per heavy atom. The van der Waals surface area contributed by atoms with Gasteiger partial charge in [-0.1, -0.05) is 0 Å². The largest absolute Gasteiger partial charge is 0.415 e. The zero-order chi connectivity index (χ0) is 25.8. The van der Waals surface area contributed by atoms with E-state index in [1.54, 1.807) is 0 Å². The summed E-state index contributed by atoms with van der Waals surface area (Å²) in [5.41, 5.74) is 0. The van der Waals surface area contributed by atoms with E-state index in [-0.39, 0.29) is 18.5 Å². The van der Waals surface area contributed by atoms with Crippen LogP contribution in [0, 0.1) is 0 Å². The van der Waals surface area contributed by atoms with Gasteiger partial charge >= 0.3 is 0 Å². The number of ketones is 1. The molecule has 0 aliphatic carbocycles. The molecule has 6 nitrogen and oxygen atoms in total. The zero-order valence-electron chi connectivity index (χ0n) is 23.6. The van der Waals surface area contributed by atoms with Crippen LogP contribution in [-0.2, 0) is 26.9 Å². The molecule has 0 heterocycles. The molecular weight excluding hydrogens is 489 g/mol. The SMILES string of the molecule is C[Si](C)(C)OCC(=O)[C@H](O[Si](C)(C)C)[C@H](O[Si](C)(C)C)[C@H](CO[Si](C)(C)C)O[Si](C)(C)C. The predicted octanol–water partition coefficient (Wildman–Crippen LogP) is 5.92. The van der Waals surface area contributed by atoms with Gasteiger partial charge in [0.1, 0.15) is 12.2 Å². The van der Waals surface area contributed by atoms with Crippen LogP contribution in [0.2, 0.25) is 98.2 Å². The smallest absolute Gasteiger partial charge is 0.187 e. The molecule has 0 aromatic carbocycles. The third-order valence-corrected chi connectivity index (χ3v) is 8.78. The minimum absolute atomic E-state index is 0.0466. The number of hydrogen-bond acceptors (Lipinski definition) is 6. The highest BCUT2D eigenvalue weighted by atomic mass is 28.4. The molecule has 0 spiro atoms. The van der Waals surface area contributed by atoms with E-state index in [1.807, 2.05) is 0 Å². The van der Waals surface area contributed by atoms with Gasteiger partial charge in [0.25, 0.3) is 0 Å². The molecule has 0 unspecified atom stereocenters. The fourth-order valence-corrected chi connectivity index (χ4v) is 7.26. The lowest BCUT2D eigenvalue weighted by Crippen LogP contribution is -2.58. The zero-order valence-corrected chi connectivity index (χ0v) is 28.6. The molecule has 0 saturated carbocycles. The van der Waals surface area contributed by atoms with Crippen molar-refractivity contribution in [3.05, 3.63) is 0 Å². The number of rotatable bonds is 15. The van der Waals surface area contributed by atoms with Gasteiger partial charge in [-0.25, -0.2) is 0 Å². The second-order valence-corrected chi connectivity index (χ2v) is 35.8. The molecule has 0 saturated heterocycles. The van der Waals surface area contributed by atoms with Crippen molar-refractivity contribution in [1.29, 1.82) is 0 Å². The van der Waals surface area contributed by atoms with Gasteiger partial charge in [-0.3, -0.25) is 4.79 Å². The Balaban J connectivity index is 6.28. The quantitative estimate of drug-likeness (QED) is 0.240. The Bertz CT molecular complexity index is 582. The van der Waals surface area contributed by atoms with Crippen molar-refractivity contribution in [1.82, 2.24) is 0 Å². The van der Waals surface area contributed by atoms with Gasteiger partial charge in [0.2, 0.25) is 0 Å². The highest BCUT2D eigenvalue weighted by Crippen LogP contribution is 2.25. The minimum atomic E-state index is -2.07. The highest BCUT2D eigenvalue weighted by Gasteiger charge is 2.43. The molecule has 0 aromatic rings. The normalized spacial score (nSPS) is 17.2. The van der Waals surface area contributed by atoms with Gasteiger partial charge in [0.15, 0.2) is 47.4 Å². The van der Waals surface area contributed by atoms with Gasteiger partial charge in [-0.15, -0.1) is 0 Å².